The number of nitrogens with two attached hydrogens (primary N) is 1. The van der Waals surface area contributed by atoms with Gasteiger partial charge in [0.1, 0.15) is 0 Å². The van der Waals surface area contributed by atoms with Gasteiger partial charge >= 0.3 is 0 Å². The molecule has 24 heavy (non-hydrogen) atoms. The summed E-state index contributed by atoms with van der Waals surface area (Å²) in [4.78, 5) is 4.61. The van der Waals surface area contributed by atoms with Crippen LogP contribution in [0.25, 0.3) is 33.2 Å². The van der Waals surface area contributed by atoms with Crippen LogP contribution in [-0.2, 0) is 6.42 Å². The van der Waals surface area contributed by atoms with Crippen LogP contribution < -0.4 is 5.73 Å². The molecule has 1 aliphatic rings. The summed E-state index contributed by atoms with van der Waals surface area (Å²) in [7, 11) is 0. The van der Waals surface area contributed by atoms with Crippen LogP contribution in [-0.4, -0.2) is 4.98 Å². The molecule has 0 spiro atoms. The third-order valence-electron chi connectivity index (χ3n) is 4.94. The molecule has 0 amide bonds. The fraction of sp³-hybridized carbons (Fsp3) is 0.0455. The van der Waals surface area contributed by atoms with Gasteiger partial charge in [-0.05, 0) is 52.4 Å². The number of nitrogens with zero attached hydrogens (tertiary/aromatic N) is 1. The number of benzene rings is 3. The van der Waals surface area contributed by atoms with Crippen molar-refractivity contribution in [1.82, 2.24) is 4.98 Å². The monoisotopic (exact) mass is 308 g/mol. The van der Waals surface area contributed by atoms with Gasteiger partial charge in [0.25, 0.3) is 0 Å². The van der Waals surface area contributed by atoms with E-state index in [2.05, 4.69) is 53.5 Å². The van der Waals surface area contributed by atoms with E-state index in [0.717, 1.165) is 28.6 Å². The van der Waals surface area contributed by atoms with Crippen LogP contribution in [0.2, 0.25) is 0 Å². The van der Waals surface area contributed by atoms with E-state index >= 15 is 0 Å². The predicted octanol–water partition coefficient (Wildman–Crippen LogP) is 5.06. The van der Waals surface area contributed by atoms with Crippen LogP contribution in [0.1, 0.15) is 11.1 Å². The maximum absolute atomic E-state index is 6.14. The van der Waals surface area contributed by atoms with Gasteiger partial charge in [0.15, 0.2) is 0 Å². The molecule has 0 saturated heterocycles. The zero-order valence-corrected chi connectivity index (χ0v) is 13.2. The Morgan fingerprint density at radius 1 is 0.708 bits per heavy atom. The van der Waals surface area contributed by atoms with Crippen molar-refractivity contribution in [3.05, 3.63) is 84.1 Å². The van der Waals surface area contributed by atoms with Crippen molar-refractivity contribution in [2.45, 2.75) is 6.42 Å². The van der Waals surface area contributed by atoms with Crippen molar-refractivity contribution < 1.29 is 0 Å². The Hall–Kier alpha value is -3.13. The van der Waals surface area contributed by atoms with Gasteiger partial charge in [-0.15, -0.1) is 0 Å². The molecule has 0 saturated carbocycles. The van der Waals surface area contributed by atoms with Crippen LogP contribution in [0, 0.1) is 0 Å². The molecular formula is C22H16N2. The first kappa shape index (κ1) is 13.3. The molecule has 0 aliphatic heterocycles. The van der Waals surface area contributed by atoms with Gasteiger partial charge in [0.2, 0.25) is 0 Å². The summed E-state index contributed by atoms with van der Waals surface area (Å²) < 4.78 is 0. The molecule has 5 rings (SSSR count). The standard InChI is InChI=1S/C22H16N2/c23-21-11-10-18(22-19(21)9-4-12-24-22)17-8-3-7-16-15-6-2-1-5-14(15)13-20(16)17/h1-12H,13,23H2. The van der Waals surface area contributed by atoms with E-state index in [1.54, 1.807) is 0 Å². The summed E-state index contributed by atoms with van der Waals surface area (Å²) in [6.07, 6.45) is 2.81. The quantitative estimate of drug-likeness (QED) is 0.440. The molecule has 2 N–H and O–H groups in total. The van der Waals surface area contributed by atoms with Crippen LogP contribution in [0.5, 0.6) is 0 Å². The van der Waals surface area contributed by atoms with Gasteiger partial charge in [0.05, 0.1) is 5.52 Å². The highest BCUT2D eigenvalue weighted by Gasteiger charge is 2.22. The van der Waals surface area contributed by atoms with Gasteiger partial charge in [-0.2, -0.15) is 0 Å². The summed E-state index contributed by atoms with van der Waals surface area (Å²) in [6, 6.07) is 23.3. The number of rotatable bonds is 1. The second-order valence-corrected chi connectivity index (χ2v) is 6.27. The lowest BCUT2D eigenvalue weighted by atomic mass is 9.93. The Balaban J connectivity index is 1.81. The molecule has 3 aromatic carbocycles. The number of hydrogen-bond donors (Lipinski definition) is 1. The van der Waals surface area contributed by atoms with Gasteiger partial charge < -0.3 is 5.73 Å². The number of fused-ring (bicyclic) bond motifs is 4. The smallest absolute Gasteiger partial charge is 0.0801 e. The van der Waals surface area contributed by atoms with E-state index < -0.39 is 0 Å². The average molecular weight is 308 g/mol. The summed E-state index contributed by atoms with van der Waals surface area (Å²) >= 11 is 0. The highest BCUT2D eigenvalue weighted by Crippen LogP contribution is 2.43. The molecule has 2 nitrogen and oxygen atoms in total. The lowest BCUT2D eigenvalue weighted by molar-refractivity contribution is 1.26. The van der Waals surface area contributed by atoms with Crippen molar-refractivity contribution in [3.8, 4) is 22.3 Å². The van der Waals surface area contributed by atoms with Crippen LogP contribution in [0.4, 0.5) is 5.69 Å². The number of pyridine rings is 1. The first-order chi connectivity index (χ1) is 11.8. The number of aromatic nitrogens is 1. The minimum Gasteiger partial charge on any atom is -0.398 e. The van der Waals surface area contributed by atoms with E-state index in [9.17, 15) is 0 Å². The second kappa shape index (κ2) is 4.93. The maximum Gasteiger partial charge on any atom is 0.0801 e. The molecule has 4 aromatic rings. The number of nitrogen functional groups attached to an aromatic ring is 1. The second-order valence-electron chi connectivity index (χ2n) is 6.27. The van der Waals surface area contributed by atoms with Crippen LogP contribution in [0.15, 0.2) is 72.9 Å². The largest absolute Gasteiger partial charge is 0.398 e. The molecule has 1 aliphatic carbocycles. The zero-order chi connectivity index (χ0) is 16.1. The summed E-state index contributed by atoms with van der Waals surface area (Å²) in [6.45, 7) is 0. The molecule has 0 bridgehead atoms. The van der Waals surface area contributed by atoms with E-state index in [0.29, 0.717) is 0 Å². The summed E-state index contributed by atoms with van der Waals surface area (Å²) in [5.41, 5.74) is 15.8. The highest BCUT2D eigenvalue weighted by molar-refractivity contribution is 6.02. The maximum atomic E-state index is 6.14. The molecule has 1 heterocycles. The van der Waals surface area contributed by atoms with Gasteiger partial charge in [0, 0.05) is 22.8 Å². The van der Waals surface area contributed by atoms with Crippen molar-refractivity contribution >= 4 is 16.6 Å². The lowest BCUT2D eigenvalue weighted by Crippen LogP contribution is -1.93. The van der Waals surface area contributed by atoms with E-state index in [-0.39, 0.29) is 0 Å². The summed E-state index contributed by atoms with van der Waals surface area (Å²) in [5, 5.41) is 1.02. The zero-order valence-electron chi connectivity index (χ0n) is 13.2. The highest BCUT2D eigenvalue weighted by atomic mass is 14.7. The normalized spacial score (nSPS) is 12.2. The van der Waals surface area contributed by atoms with E-state index in [1.807, 2.05) is 24.4 Å². The molecular weight excluding hydrogens is 292 g/mol. The van der Waals surface area contributed by atoms with E-state index in [1.165, 1.54) is 27.8 Å². The Kier molecular flexibility index (Phi) is 2.74. The molecule has 114 valence electrons. The van der Waals surface area contributed by atoms with Gasteiger partial charge in [-0.3, -0.25) is 4.98 Å². The third kappa shape index (κ3) is 1.80. The lowest BCUT2D eigenvalue weighted by Gasteiger charge is -2.12. The SMILES string of the molecule is Nc1ccc(-c2cccc3c2Cc2ccccc2-3)c2ncccc12. The Morgan fingerprint density at radius 2 is 1.50 bits per heavy atom. The Labute approximate surface area is 140 Å². The van der Waals surface area contributed by atoms with Crippen molar-refractivity contribution in [3.63, 3.8) is 0 Å². The van der Waals surface area contributed by atoms with Gasteiger partial charge in [-0.1, -0.05) is 48.5 Å². The topological polar surface area (TPSA) is 38.9 Å². The van der Waals surface area contributed by atoms with Crippen molar-refractivity contribution in [1.29, 1.82) is 0 Å². The molecule has 0 fully saturated rings. The first-order valence-electron chi connectivity index (χ1n) is 8.16. The fourth-order valence-corrected chi connectivity index (χ4v) is 3.82. The molecule has 1 aromatic heterocycles. The van der Waals surface area contributed by atoms with E-state index in [4.69, 9.17) is 5.73 Å². The van der Waals surface area contributed by atoms with Crippen molar-refractivity contribution in [2.24, 2.45) is 0 Å². The van der Waals surface area contributed by atoms with Crippen LogP contribution in [0.3, 0.4) is 0 Å². The van der Waals surface area contributed by atoms with Crippen LogP contribution >= 0.6 is 0 Å². The molecule has 0 atom stereocenters. The summed E-state index contributed by atoms with van der Waals surface area (Å²) in [5.74, 6) is 0. The molecule has 2 heteroatoms. The average Bonchev–Trinajstić information content (AvgIpc) is 3.01. The third-order valence-corrected chi connectivity index (χ3v) is 4.94. The minimum atomic E-state index is 0.776. The Morgan fingerprint density at radius 3 is 2.42 bits per heavy atom. The number of hydrogen-bond acceptors (Lipinski definition) is 2. The fourth-order valence-electron chi connectivity index (χ4n) is 3.82. The molecule has 0 unspecified atom stereocenters. The Bertz CT molecular complexity index is 1100. The van der Waals surface area contributed by atoms with Gasteiger partial charge in [-0.25, -0.2) is 0 Å². The minimum absolute atomic E-state index is 0.776. The predicted molar refractivity (Wildman–Crippen MR) is 99.8 cm³/mol. The number of anilines is 1. The molecule has 0 radical (unpaired) electrons. The van der Waals surface area contributed by atoms with Crippen molar-refractivity contribution in [2.75, 3.05) is 5.73 Å². The first-order valence-corrected chi connectivity index (χ1v) is 8.16.